The molecule has 1 aromatic heterocycles. The molecule has 1 N–H and O–H groups in total. The molecule has 0 spiro atoms. The maximum atomic E-state index is 12.0. The second-order valence-electron chi connectivity index (χ2n) is 4.36. The summed E-state index contributed by atoms with van der Waals surface area (Å²) < 4.78 is 1.51. The molecular weight excluding hydrogens is 204 g/mol. The van der Waals surface area contributed by atoms with E-state index in [2.05, 4.69) is 5.10 Å². The van der Waals surface area contributed by atoms with Crippen LogP contribution in [-0.2, 0) is 19.4 Å². The van der Waals surface area contributed by atoms with Gasteiger partial charge < -0.3 is 5.11 Å². The lowest BCUT2D eigenvalue weighted by molar-refractivity contribution is 0.275. The maximum absolute atomic E-state index is 12.0. The van der Waals surface area contributed by atoms with Crippen LogP contribution in [0.3, 0.4) is 0 Å². The first-order valence-electron chi connectivity index (χ1n) is 5.94. The van der Waals surface area contributed by atoms with E-state index in [9.17, 15) is 4.79 Å². The van der Waals surface area contributed by atoms with Gasteiger partial charge in [-0.25, -0.2) is 4.68 Å². The van der Waals surface area contributed by atoms with E-state index >= 15 is 0 Å². The molecule has 0 fully saturated rings. The molecule has 1 aromatic rings. The van der Waals surface area contributed by atoms with Crippen molar-refractivity contribution in [3.05, 3.63) is 27.2 Å². The third-order valence-electron chi connectivity index (χ3n) is 3.22. The van der Waals surface area contributed by atoms with Gasteiger partial charge in [-0.1, -0.05) is 0 Å². The highest BCUT2D eigenvalue weighted by atomic mass is 16.3. The largest absolute Gasteiger partial charge is 0.396 e. The molecule has 1 heterocycles. The number of aliphatic hydroxyl groups is 1. The quantitative estimate of drug-likeness (QED) is 0.823. The number of aromatic nitrogens is 2. The Morgan fingerprint density at radius 2 is 2.12 bits per heavy atom. The standard InChI is InChI=1S/C12H18N2O2/c1-9-10-5-2-3-6-11(10)13-14(12(9)16)7-4-8-15/h15H,2-8H2,1H3. The Labute approximate surface area is 94.9 Å². The molecule has 0 aromatic carbocycles. The Balaban J connectivity index is 2.40. The van der Waals surface area contributed by atoms with E-state index in [1.54, 1.807) is 0 Å². The van der Waals surface area contributed by atoms with E-state index < -0.39 is 0 Å². The molecule has 88 valence electrons. The number of nitrogens with zero attached hydrogens (tertiary/aromatic N) is 2. The van der Waals surface area contributed by atoms with E-state index in [0.29, 0.717) is 13.0 Å². The lowest BCUT2D eigenvalue weighted by Crippen LogP contribution is -2.29. The second kappa shape index (κ2) is 4.78. The topological polar surface area (TPSA) is 55.1 Å². The van der Waals surface area contributed by atoms with Gasteiger partial charge in [0, 0.05) is 18.7 Å². The minimum Gasteiger partial charge on any atom is -0.396 e. The molecule has 2 rings (SSSR count). The fourth-order valence-electron chi connectivity index (χ4n) is 2.29. The average Bonchev–Trinajstić information content (AvgIpc) is 2.32. The normalized spacial score (nSPS) is 14.9. The first-order valence-corrected chi connectivity index (χ1v) is 5.94. The predicted molar refractivity (Wildman–Crippen MR) is 61.6 cm³/mol. The number of hydrogen-bond acceptors (Lipinski definition) is 3. The third kappa shape index (κ3) is 2.02. The zero-order valence-electron chi connectivity index (χ0n) is 9.70. The van der Waals surface area contributed by atoms with Crippen LogP contribution < -0.4 is 5.56 Å². The van der Waals surface area contributed by atoms with Crippen molar-refractivity contribution in [3.8, 4) is 0 Å². The van der Waals surface area contributed by atoms with Crippen LogP contribution in [0.1, 0.15) is 36.1 Å². The Hall–Kier alpha value is -1.16. The molecule has 0 saturated heterocycles. The minimum atomic E-state index is 0.00843. The number of aliphatic hydroxyl groups excluding tert-OH is 1. The minimum absolute atomic E-state index is 0.00843. The van der Waals surface area contributed by atoms with Gasteiger partial charge >= 0.3 is 0 Å². The summed E-state index contributed by atoms with van der Waals surface area (Å²) in [5.74, 6) is 0. The highest BCUT2D eigenvalue weighted by molar-refractivity contribution is 5.29. The molecule has 1 aliphatic rings. The molecule has 16 heavy (non-hydrogen) atoms. The van der Waals surface area contributed by atoms with E-state index in [1.165, 1.54) is 4.68 Å². The van der Waals surface area contributed by atoms with E-state index in [-0.39, 0.29) is 12.2 Å². The molecule has 0 radical (unpaired) electrons. The third-order valence-corrected chi connectivity index (χ3v) is 3.22. The van der Waals surface area contributed by atoms with E-state index in [0.717, 1.165) is 42.5 Å². The SMILES string of the molecule is Cc1c2c(nn(CCCO)c1=O)CCCC2. The van der Waals surface area contributed by atoms with Crippen molar-refractivity contribution in [2.75, 3.05) is 6.61 Å². The van der Waals surface area contributed by atoms with Crippen LogP contribution in [0.4, 0.5) is 0 Å². The summed E-state index contributed by atoms with van der Waals surface area (Å²) in [6.07, 6.45) is 4.89. The van der Waals surface area contributed by atoms with Gasteiger partial charge in [-0.15, -0.1) is 0 Å². The van der Waals surface area contributed by atoms with Gasteiger partial charge in [0.2, 0.25) is 0 Å². The lowest BCUT2D eigenvalue weighted by atomic mass is 9.94. The van der Waals surface area contributed by atoms with Crippen LogP contribution in [0, 0.1) is 6.92 Å². The molecule has 0 bridgehead atoms. The van der Waals surface area contributed by atoms with Crippen LogP contribution in [0.15, 0.2) is 4.79 Å². The first kappa shape index (κ1) is 11.3. The van der Waals surface area contributed by atoms with Crippen molar-refractivity contribution in [3.63, 3.8) is 0 Å². The van der Waals surface area contributed by atoms with Crippen LogP contribution in [0.5, 0.6) is 0 Å². The number of fused-ring (bicyclic) bond motifs is 1. The Bertz CT molecular complexity index is 437. The fraction of sp³-hybridized carbons (Fsp3) is 0.667. The molecule has 0 aliphatic heterocycles. The highest BCUT2D eigenvalue weighted by Gasteiger charge is 2.16. The summed E-state index contributed by atoms with van der Waals surface area (Å²) in [4.78, 5) is 12.0. The average molecular weight is 222 g/mol. The van der Waals surface area contributed by atoms with Crippen LogP contribution in [-0.4, -0.2) is 21.5 Å². The molecule has 0 atom stereocenters. The predicted octanol–water partition coefficient (Wildman–Crippen LogP) is 0.813. The van der Waals surface area contributed by atoms with Crippen molar-refractivity contribution in [2.24, 2.45) is 0 Å². The first-order chi connectivity index (χ1) is 7.74. The van der Waals surface area contributed by atoms with Gasteiger partial charge in [-0.3, -0.25) is 4.79 Å². The van der Waals surface area contributed by atoms with Crippen molar-refractivity contribution < 1.29 is 5.11 Å². The summed E-state index contributed by atoms with van der Waals surface area (Å²) in [7, 11) is 0. The summed E-state index contributed by atoms with van der Waals surface area (Å²) in [5.41, 5.74) is 3.11. The van der Waals surface area contributed by atoms with Gasteiger partial charge in [0.05, 0.1) is 5.69 Å². The van der Waals surface area contributed by atoms with E-state index in [1.807, 2.05) is 6.92 Å². The molecule has 0 amide bonds. The van der Waals surface area contributed by atoms with E-state index in [4.69, 9.17) is 5.11 Å². The summed E-state index contributed by atoms with van der Waals surface area (Å²) in [6.45, 7) is 2.51. The van der Waals surface area contributed by atoms with Crippen LogP contribution in [0.25, 0.3) is 0 Å². The zero-order valence-corrected chi connectivity index (χ0v) is 9.70. The summed E-state index contributed by atoms with van der Waals surface area (Å²) in [6, 6.07) is 0. The zero-order chi connectivity index (χ0) is 11.5. The highest BCUT2D eigenvalue weighted by Crippen LogP contribution is 2.19. The van der Waals surface area contributed by atoms with Gasteiger partial charge in [0.1, 0.15) is 0 Å². The Morgan fingerprint density at radius 1 is 1.38 bits per heavy atom. The fourth-order valence-corrected chi connectivity index (χ4v) is 2.29. The van der Waals surface area contributed by atoms with Crippen LogP contribution >= 0.6 is 0 Å². The molecule has 1 aliphatic carbocycles. The number of aryl methyl sites for hydroxylation is 2. The molecule has 4 heteroatoms. The molecule has 0 saturated carbocycles. The molecule has 0 unspecified atom stereocenters. The summed E-state index contributed by atoms with van der Waals surface area (Å²) >= 11 is 0. The molecule has 4 nitrogen and oxygen atoms in total. The lowest BCUT2D eigenvalue weighted by Gasteiger charge is -2.18. The second-order valence-corrected chi connectivity index (χ2v) is 4.36. The van der Waals surface area contributed by atoms with Crippen LogP contribution in [0.2, 0.25) is 0 Å². The van der Waals surface area contributed by atoms with Gasteiger partial charge in [0.25, 0.3) is 5.56 Å². The van der Waals surface area contributed by atoms with Gasteiger partial charge in [-0.05, 0) is 44.6 Å². The smallest absolute Gasteiger partial charge is 0.269 e. The monoisotopic (exact) mass is 222 g/mol. The van der Waals surface area contributed by atoms with Gasteiger partial charge in [0.15, 0.2) is 0 Å². The van der Waals surface area contributed by atoms with Crippen molar-refractivity contribution in [2.45, 2.75) is 45.6 Å². The molecular formula is C12H18N2O2. The van der Waals surface area contributed by atoms with Crippen molar-refractivity contribution in [1.29, 1.82) is 0 Å². The maximum Gasteiger partial charge on any atom is 0.269 e. The summed E-state index contributed by atoms with van der Waals surface area (Å²) in [5, 5.41) is 13.2. The van der Waals surface area contributed by atoms with Crippen molar-refractivity contribution >= 4 is 0 Å². The Kier molecular flexibility index (Phi) is 3.39. The van der Waals surface area contributed by atoms with Gasteiger partial charge in [-0.2, -0.15) is 5.10 Å². The number of rotatable bonds is 3. The Morgan fingerprint density at radius 3 is 2.88 bits per heavy atom. The van der Waals surface area contributed by atoms with Crippen molar-refractivity contribution in [1.82, 2.24) is 9.78 Å². The number of hydrogen-bond donors (Lipinski definition) is 1.